The lowest BCUT2D eigenvalue weighted by atomic mass is 10.2. The summed E-state index contributed by atoms with van der Waals surface area (Å²) in [6.07, 6.45) is 0. The Morgan fingerprint density at radius 2 is 1.67 bits per heavy atom. The molecule has 1 heterocycles. The quantitative estimate of drug-likeness (QED) is 0.832. The van der Waals surface area contributed by atoms with Crippen LogP contribution in [-0.2, 0) is 10.0 Å². The molecule has 0 unspecified atom stereocenters. The van der Waals surface area contributed by atoms with Crippen molar-refractivity contribution in [2.24, 2.45) is 0 Å². The van der Waals surface area contributed by atoms with Gasteiger partial charge in [-0.3, -0.25) is 4.90 Å². The maximum Gasteiger partial charge on any atom is 0.242 e. The van der Waals surface area contributed by atoms with Crippen LogP contribution in [0.5, 0.6) is 0 Å². The highest BCUT2D eigenvalue weighted by atomic mass is 32.2. The lowest BCUT2D eigenvalue weighted by Gasteiger charge is -2.35. The zero-order chi connectivity index (χ0) is 15.5. The second kappa shape index (κ2) is 6.74. The molecule has 1 aliphatic heterocycles. The van der Waals surface area contributed by atoms with Crippen molar-refractivity contribution >= 4 is 15.7 Å². The van der Waals surface area contributed by atoms with Crippen LogP contribution in [0.25, 0.3) is 0 Å². The summed E-state index contributed by atoms with van der Waals surface area (Å²) in [5.41, 5.74) is 1.04. The van der Waals surface area contributed by atoms with Crippen molar-refractivity contribution in [2.75, 3.05) is 58.3 Å². The molecule has 21 heavy (non-hydrogen) atoms. The molecular formula is C14H23N3O3S. The molecule has 0 saturated carbocycles. The van der Waals surface area contributed by atoms with Crippen molar-refractivity contribution in [3.8, 4) is 0 Å². The first-order valence-electron chi connectivity index (χ1n) is 7.06. The topological polar surface area (TPSA) is 64.1 Å². The first-order valence-corrected chi connectivity index (χ1v) is 8.50. The molecule has 1 saturated heterocycles. The van der Waals surface area contributed by atoms with Crippen LogP contribution in [0, 0.1) is 0 Å². The maximum absolute atomic E-state index is 12.0. The van der Waals surface area contributed by atoms with E-state index in [2.05, 4.69) is 9.80 Å². The number of piperazine rings is 1. The zero-order valence-corrected chi connectivity index (χ0v) is 13.4. The molecule has 0 aliphatic carbocycles. The van der Waals surface area contributed by atoms with Gasteiger partial charge in [-0.05, 0) is 24.3 Å². The molecule has 0 radical (unpaired) electrons. The number of β-amino-alcohol motifs (C(OH)–C–C–N with tert-alkyl or cyclic N) is 1. The predicted molar refractivity (Wildman–Crippen MR) is 83.1 cm³/mol. The van der Waals surface area contributed by atoms with E-state index >= 15 is 0 Å². The number of aliphatic hydroxyl groups excluding tert-OH is 1. The van der Waals surface area contributed by atoms with Gasteiger partial charge in [-0.25, -0.2) is 12.7 Å². The van der Waals surface area contributed by atoms with Gasteiger partial charge < -0.3 is 10.0 Å². The molecule has 1 N–H and O–H groups in total. The van der Waals surface area contributed by atoms with Crippen molar-refractivity contribution in [3.63, 3.8) is 0 Å². The lowest BCUT2D eigenvalue weighted by Crippen LogP contribution is -2.47. The molecule has 2 rings (SSSR count). The van der Waals surface area contributed by atoms with Gasteiger partial charge in [-0.2, -0.15) is 0 Å². The maximum atomic E-state index is 12.0. The molecule has 1 fully saturated rings. The molecule has 0 bridgehead atoms. The summed E-state index contributed by atoms with van der Waals surface area (Å²) in [7, 11) is -0.299. The minimum Gasteiger partial charge on any atom is -0.395 e. The summed E-state index contributed by atoms with van der Waals surface area (Å²) in [4.78, 5) is 4.77. The summed E-state index contributed by atoms with van der Waals surface area (Å²) in [6.45, 7) is 4.51. The van der Waals surface area contributed by atoms with Crippen molar-refractivity contribution in [2.45, 2.75) is 4.90 Å². The van der Waals surface area contributed by atoms with E-state index in [-0.39, 0.29) is 6.61 Å². The van der Waals surface area contributed by atoms with Gasteiger partial charge in [-0.15, -0.1) is 0 Å². The fraction of sp³-hybridized carbons (Fsp3) is 0.571. The van der Waals surface area contributed by atoms with Gasteiger partial charge in [0, 0.05) is 52.5 Å². The third-order valence-electron chi connectivity index (χ3n) is 3.77. The molecule has 0 amide bonds. The van der Waals surface area contributed by atoms with Gasteiger partial charge in [-0.1, -0.05) is 0 Å². The number of anilines is 1. The molecule has 0 atom stereocenters. The number of nitrogens with zero attached hydrogens (tertiary/aromatic N) is 3. The Labute approximate surface area is 126 Å². The highest BCUT2D eigenvalue weighted by molar-refractivity contribution is 7.89. The van der Waals surface area contributed by atoms with E-state index in [0.29, 0.717) is 11.4 Å². The average Bonchev–Trinajstić information content (AvgIpc) is 2.48. The predicted octanol–water partition coefficient (Wildman–Crippen LogP) is 0.0512. The summed E-state index contributed by atoms with van der Waals surface area (Å²) in [5, 5.41) is 8.94. The molecule has 118 valence electrons. The fourth-order valence-corrected chi connectivity index (χ4v) is 3.31. The van der Waals surface area contributed by atoms with Gasteiger partial charge in [0.15, 0.2) is 0 Å². The van der Waals surface area contributed by atoms with Gasteiger partial charge in [0.25, 0.3) is 0 Å². The van der Waals surface area contributed by atoms with Gasteiger partial charge in [0.1, 0.15) is 0 Å². The van der Waals surface area contributed by atoms with Gasteiger partial charge in [0.05, 0.1) is 11.5 Å². The average molecular weight is 313 g/mol. The Morgan fingerprint density at radius 1 is 1.10 bits per heavy atom. The normalized spacial score (nSPS) is 17.4. The highest BCUT2D eigenvalue weighted by Gasteiger charge is 2.19. The highest BCUT2D eigenvalue weighted by Crippen LogP contribution is 2.20. The van der Waals surface area contributed by atoms with Crippen molar-refractivity contribution in [1.29, 1.82) is 0 Å². The molecule has 0 aromatic heterocycles. The monoisotopic (exact) mass is 313 g/mol. The summed E-state index contributed by atoms with van der Waals surface area (Å²) in [5.74, 6) is 0. The number of hydrogen-bond acceptors (Lipinski definition) is 5. The first kappa shape index (κ1) is 16.2. The third kappa shape index (κ3) is 3.74. The fourth-order valence-electron chi connectivity index (χ4n) is 2.41. The Balaban J connectivity index is 2.04. The Kier molecular flexibility index (Phi) is 5.21. The molecule has 1 aromatic carbocycles. The Morgan fingerprint density at radius 3 is 2.14 bits per heavy atom. The standard InChI is InChI=1S/C14H23N3O3S/c1-15(2)21(19,20)14-5-3-13(4-6-14)17-9-7-16(8-10-17)11-12-18/h3-6,18H,7-12H2,1-2H3. The molecule has 1 aliphatic rings. The van der Waals surface area contributed by atoms with E-state index in [4.69, 9.17) is 5.11 Å². The van der Waals surface area contributed by atoms with Crippen LogP contribution in [0.1, 0.15) is 0 Å². The second-order valence-electron chi connectivity index (χ2n) is 5.33. The van der Waals surface area contributed by atoms with E-state index in [1.165, 1.54) is 18.4 Å². The number of sulfonamides is 1. The van der Waals surface area contributed by atoms with Gasteiger partial charge in [0.2, 0.25) is 10.0 Å². The minimum atomic E-state index is -3.36. The van der Waals surface area contributed by atoms with Crippen LogP contribution in [0.3, 0.4) is 0 Å². The number of aliphatic hydroxyl groups is 1. The SMILES string of the molecule is CN(C)S(=O)(=O)c1ccc(N2CCN(CCO)CC2)cc1. The summed E-state index contributed by atoms with van der Waals surface area (Å²) >= 11 is 0. The van der Waals surface area contributed by atoms with Crippen LogP contribution < -0.4 is 4.90 Å². The van der Waals surface area contributed by atoms with E-state index in [9.17, 15) is 8.42 Å². The molecular weight excluding hydrogens is 290 g/mol. The van der Waals surface area contributed by atoms with E-state index in [1.807, 2.05) is 12.1 Å². The van der Waals surface area contributed by atoms with E-state index in [0.717, 1.165) is 31.9 Å². The van der Waals surface area contributed by atoms with Crippen LogP contribution >= 0.6 is 0 Å². The van der Waals surface area contributed by atoms with Crippen LogP contribution in [0.2, 0.25) is 0 Å². The third-order valence-corrected chi connectivity index (χ3v) is 5.60. The van der Waals surface area contributed by atoms with Gasteiger partial charge >= 0.3 is 0 Å². The zero-order valence-electron chi connectivity index (χ0n) is 12.6. The molecule has 6 nitrogen and oxygen atoms in total. The summed E-state index contributed by atoms with van der Waals surface area (Å²) in [6, 6.07) is 7.03. The van der Waals surface area contributed by atoms with Crippen molar-refractivity contribution < 1.29 is 13.5 Å². The second-order valence-corrected chi connectivity index (χ2v) is 7.49. The van der Waals surface area contributed by atoms with E-state index < -0.39 is 10.0 Å². The Bertz CT molecular complexity index is 549. The van der Waals surface area contributed by atoms with E-state index in [1.54, 1.807) is 12.1 Å². The first-order chi connectivity index (χ1) is 9.95. The lowest BCUT2D eigenvalue weighted by molar-refractivity contribution is 0.189. The number of hydrogen-bond donors (Lipinski definition) is 1. The van der Waals surface area contributed by atoms with Crippen LogP contribution in [0.4, 0.5) is 5.69 Å². The Hall–Kier alpha value is -1.15. The summed E-state index contributed by atoms with van der Waals surface area (Å²) < 4.78 is 25.3. The number of rotatable bonds is 5. The molecule has 1 aromatic rings. The van der Waals surface area contributed by atoms with Crippen LogP contribution in [0.15, 0.2) is 29.2 Å². The van der Waals surface area contributed by atoms with Crippen LogP contribution in [-0.4, -0.2) is 76.2 Å². The molecule has 0 spiro atoms. The largest absolute Gasteiger partial charge is 0.395 e. The molecule has 7 heteroatoms. The van der Waals surface area contributed by atoms with Crippen molar-refractivity contribution in [1.82, 2.24) is 9.21 Å². The smallest absolute Gasteiger partial charge is 0.242 e. The number of benzene rings is 1. The van der Waals surface area contributed by atoms with Crippen molar-refractivity contribution in [3.05, 3.63) is 24.3 Å². The minimum absolute atomic E-state index is 0.192.